The Kier molecular flexibility index (Phi) is 6.06. The zero-order valence-corrected chi connectivity index (χ0v) is 19.2. The van der Waals surface area contributed by atoms with Crippen molar-refractivity contribution in [3.05, 3.63) is 65.1 Å². The second-order valence-corrected chi connectivity index (χ2v) is 9.88. The summed E-state index contributed by atoms with van der Waals surface area (Å²) in [5.74, 6) is -0.199. The quantitative estimate of drug-likeness (QED) is 0.327. The lowest BCUT2D eigenvalue weighted by Gasteiger charge is -2.29. The number of fused-ring (bicyclic) bond motifs is 2. The number of thioether (sulfide) groups is 1. The van der Waals surface area contributed by atoms with Crippen molar-refractivity contribution in [3.63, 3.8) is 0 Å². The fourth-order valence-corrected chi connectivity index (χ4v) is 4.87. The zero-order valence-electron chi connectivity index (χ0n) is 18.4. The molecule has 32 heavy (non-hydrogen) atoms. The summed E-state index contributed by atoms with van der Waals surface area (Å²) in [5.41, 5.74) is 0.995. The van der Waals surface area contributed by atoms with Gasteiger partial charge in [0.15, 0.2) is 5.16 Å². The molecule has 2 aromatic heterocycles. The number of aryl methyl sites for hydroxylation is 1. The molecule has 4 aromatic rings. The third-order valence-electron chi connectivity index (χ3n) is 5.38. The Labute approximate surface area is 190 Å². The van der Waals surface area contributed by atoms with Gasteiger partial charge in [0.25, 0.3) is 5.56 Å². The summed E-state index contributed by atoms with van der Waals surface area (Å²) in [6, 6.07) is 14.3. The van der Waals surface area contributed by atoms with Crippen LogP contribution in [0.15, 0.2) is 64.7 Å². The standard InChI is InChI=1S/C24H26N4O3S/c1-24(2,3)20(22(30)31)28-19-12-7-6-11-18(19)26-23(28)32-14-8-13-27-21(29)17-10-5-4-9-16(17)15-25-27/h4-7,9-12,15,20H,8,13-14H2,1-3H3,(H,30,31). The molecule has 1 N–H and O–H groups in total. The second-order valence-electron chi connectivity index (χ2n) is 8.82. The number of hydrogen-bond acceptors (Lipinski definition) is 5. The van der Waals surface area contributed by atoms with E-state index in [4.69, 9.17) is 4.98 Å². The molecule has 0 saturated heterocycles. The monoisotopic (exact) mass is 450 g/mol. The predicted octanol–water partition coefficient (Wildman–Crippen LogP) is 4.60. The van der Waals surface area contributed by atoms with Crippen molar-refractivity contribution in [3.8, 4) is 0 Å². The first kappa shape index (κ1) is 22.1. The van der Waals surface area contributed by atoms with Crippen molar-refractivity contribution in [1.29, 1.82) is 0 Å². The number of para-hydroxylation sites is 2. The molecule has 7 nitrogen and oxygen atoms in total. The summed E-state index contributed by atoms with van der Waals surface area (Å²) < 4.78 is 3.32. The molecule has 4 rings (SSSR count). The van der Waals surface area contributed by atoms with E-state index in [1.54, 1.807) is 6.20 Å². The number of benzene rings is 2. The van der Waals surface area contributed by atoms with Crippen molar-refractivity contribution in [1.82, 2.24) is 19.3 Å². The summed E-state index contributed by atoms with van der Waals surface area (Å²) in [5, 5.41) is 16.4. The molecule has 0 fully saturated rings. The van der Waals surface area contributed by atoms with Gasteiger partial charge in [-0.2, -0.15) is 5.10 Å². The molecule has 0 bridgehead atoms. The molecule has 0 amide bonds. The van der Waals surface area contributed by atoms with Gasteiger partial charge in [0.1, 0.15) is 6.04 Å². The third-order valence-corrected chi connectivity index (χ3v) is 6.42. The Hall–Kier alpha value is -3.13. The van der Waals surface area contributed by atoms with Gasteiger partial charge >= 0.3 is 5.97 Å². The second kappa shape index (κ2) is 8.78. The van der Waals surface area contributed by atoms with Crippen molar-refractivity contribution in [2.45, 2.75) is 44.9 Å². The minimum atomic E-state index is -0.880. The van der Waals surface area contributed by atoms with Gasteiger partial charge in [-0.3, -0.25) is 4.79 Å². The highest BCUT2D eigenvalue weighted by molar-refractivity contribution is 7.99. The molecular weight excluding hydrogens is 424 g/mol. The lowest BCUT2D eigenvalue weighted by atomic mass is 9.86. The average Bonchev–Trinajstić information content (AvgIpc) is 3.09. The van der Waals surface area contributed by atoms with Crippen LogP contribution in [-0.4, -0.2) is 36.2 Å². The van der Waals surface area contributed by atoms with Gasteiger partial charge in [-0.05, 0) is 30.0 Å². The Bertz CT molecular complexity index is 1340. The van der Waals surface area contributed by atoms with Gasteiger partial charge in [-0.15, -0.1) is 0 Å². The van der Waals surface area contributed by atoms with E-state index in [0.29, 0.717) is 29.3 Å². The van der Waals surface area contributed by atoms with Gasteiger partial charge in [-0.25, -0.2) is 14.5 Å². The molecule has 1 unspecified atom stereocenters. The number of nitrogens with zero attached hydrogens (tertiary/aromatic N) is 4. The molecule has 0 aliphatic heterocycles. The number of carboxylic acid groups (broad SMARTS) is 1. The van der Waals surface area contributed by atoms with Gasteiger partial charge in [0, 0.05) is 17.7 Å². The number of imidazole rings is 1. The average molecular weight is 451 g/mol. The fraction of sp³-hybridized carbons (Fsp3) is 0.333. The minimum absolute atomic E-state index is 0.0981. The minimum Gasteiger partial charge on any atom is -0.480 e. The molecule has 0 aliphatic rings. The molecule has 0 saturated carbocycles. The van der Waals surface area contributed by atoms with E-state index < -0.39 is 17.4 Å². The number of carbonyl (C=O) groups is 1. The van der Waals surface area contributed by atoms with Crippen LogP contribution in [0.1, 0.15) is 33.2 Å². The van der Waals surface area contributed by atoms with Crippen molar-refractivity contribution < 1.29 is 9.90 Å². The number of hydrogen-bond donors (Lipinski definition) is 1. The van der Waals surface area contributed by atoms with Gasteiger partial charge < -0.3 is 9.67 Å². The largest absolute Gasteiger partial charge is 0.480 e. The van der Waals surface area contributed by atoms with E-state index in [9.17, 15) is 14.7 Å². The summed E-state index contributed by atoms with van der Waals surface area (Å²) >= 11 is 1.51. The fourth-order valence-electron chi connectivity index (χ4n) is 3.91. The first-order valence-corrected chi connectivity index (χ1v) is 11.5. The number of aliphatic carboxylic acids is 1. The topological polar surface area (TPSA) is 90.0 Å². The van der Waals surface area contributed by atoms with Crippen LogP contribution in [0.2, 0.25) is 0 Å². The third kappa shape index (κ3) is 4.27. The van der Waals surface area contributed by atoms with Crippen molar-refractivity contribution in [2.75, 3.05) is 5.75 Å². The Morgan fingerprint density at radius 2 is 1.84 bits per heavy atom. The van der Waals surface area contributed by atoms with Crippen molar-refractivity contribution in [2.24, 2.45) is 5.41 Å². The van der Waals surface area contributed by atoms with Crippen LogP contribution in [0.5, 0.6) is 0 Å². The highest BCUT2D eigenvalue weighted by atomic mass is 32.2. The van der Waals surface area contributed by atoms with Crippen LogP contribution in [0.3, 0.4) is 0 Å². The Morgan fingerprint density at radius 3 is 2.59 bits per heavy atom. The summed E-state index contributed by atoms with van der Waals surface area (Å²) in [7, 11) is 0. The molecule has 0 radical (unpaired) electrons. The van der Waals surface area contributed by atoms with E-state index in [1.165, 1.54) is 16.4 Å². The lowest BCUT2D eigenvalue weighted by Crippen LogP contribution is -2.32. The van der Waals surface area contributed by atoms with Crippen molar-refractivity contribution >= 4 is 39.5 Å². The smallest absolute Gasteiger partial charge is 0.327 e. The summed E-state index contributed by atoms with van der Waals surface area (Å²) in [6.07, 6.45) is 2.41. The highest BCUT2D eigenvalue weighted by Gasteiger charge is 2.35. The van der Waals surface area contributed by atoms with Crippen LogP contribution in [0.25, 0.3) is 21.8 Å². The Balaban J connectivity index is 1.56. The lowest BCUT2D eigenvalue weighted by molar-refractivity contribution is -0.144. The van der Waals surface area contributed by atoms with Gasteiger partial charge in [0.2, 0.25) is 0 Å². The van der Waals surface area contributed by atoms with E-state index in [2.05, 4.69) is 5.10 Å². The normalized spacial score (nSPS) is 13.0. The number of carboxylic acids is 1. The maximum atomic E-state index is 12.7. The molecule has 1 atom stereocenters. The first-order valence-electron chi connectivity index (χ1n) is 10.5. The van der Waals surface area contributed by atoms with Crippen LogP contribution < -0.4 is 5.56 Å². The maximum absolute atomic E-state index is 12.7. The molecule has 0 aliphatic carbocycles. The summed E-state index contributed by atoms with van der Waals surface area (Å²) in [6.45, 7) is 6.25. The van der Waals surface area contributed by atoms with Crippen LogP contribution in [-0.2, 0) is 11.3 Å². The molecule has 0 spiro atoms. The first-order chi connectivity index (χ1) is 15.3. The van der Waals surface area contributed by atoms with E-state index >= 15 is 0 Å². The molecule has 2 aromatic carbocycles. The van der Waals surface area contributed by atoms with E-state index in [1.807, 2.05) is 73.9 Å². The molecule has 166 valence electrons. The van der Waals surface area contributed by atoms with Crippen LogP contribution in [0.4, 0.5) is 0 Å². The van der Waals surface area contributed by atoms with E-state index in [-0.39, 0.29) is 5.56 Å². The van der Waals surface area contributed by atoms with Crippen LogP contribution >= 0.6 is 11.8 Å². The predicted molar refractivity (Wildman–Crippen MR) is 127 cm³/mol. The SMILES string of the molecule is CC(C)(C)C(C(=O)O)n1c(SCCCn2ncc3ccccc3c2=O)nc2ccccc21. The maximum Gasteiger partial charge on any atom is 0.327 e. The van der Waals surface area contributed by atoms with Crippen LogP contribution in [0, 0.1) is 5.41 Å². The highest BCUT2D eigenvalue weighted by Crippen LogP contribution is 2.37. The number of aromatic nitrogens is 4. The van der Waals surface area contributed by atoms with Gasteiger partial charge in [0.05, 0.1) is 22.6 Å². The molecule has 8 heteroatoms. The summed E-state index contributed by atoms with van der Waals surface area (Å²) in [4.78, 5) is 29.6. The number of rotatable bonds is 7. The zero-order chi connectivity index (χ0) is 22.9. The molecule has 2 heterocycles. The van der Waals surface area contributed by atoms with E-state index in [0.717, 1.165) is 16.4 Å². The van der Waals surface area contributed by atoms with Gasteiger partial charge in [-0.1, -0.05) is 62.9 Å². The molecular formula is C24H26N4O3S. The Morgan fingerprint density at radius 1 is 1.12 bits per heavy atom.